The summed E-state index contributed by atoms with van der Waals surface area (Å²) in [6.07, 6.45) is 4.48. The van der Waals surface area contributed by atoms with E-state index in [-0.39, 0.29) is 6.61 Å². The Labute approximate surface area is 95.7 Å². The third-order valence-corrected chi connectivity index (χ3v) is 2.90. The van der Waals surface area contributed by atoms with Crippen molar-refractivity contribution in [3.05, 3.63) is 18.6 Å². The monoisotopic (exact) mass is 222 g/mol. The van der Waals surface area contributed by atoms with Gasteiger partial charge in [-0.1, -0.05) is 0 Å². The van der Waals surface area contributed by atoms with Gasteiger partial charge in [-0.05, 0) is 19.0 Å². The Morgan fingerprint density at radius 2 is 2.19 bits per heavy atom. The smallest absolute Gasteiger partial charge is 0.131 e. The van der Waals surface area contributed by atoms with Gasteiger partial charge in [0, 0.05) is 32.4 Å². The molecule has 0 spiro atoms. The molecule has 2 heterocycles. The molecular formula is C11H18N4O. The number of hydrogen-bond acceptors (Lipinski definition) is 5. The molecule has 1 saturated heterocycles. The maximum absolute atomic E-state index is 8.92. The highest BCUT2D eigenvalue weighted by molar-refractivity contribution is 5.36. The lowest BCUT2D eigenvalue weighted by molar-refractivity contribution is 0.204. The molecule has 2 rings (SSSR count). The molecule has 5 heteroatoms. The zero-order chi connectivity index (χ0) is 11.2. The highest BCUT2D eigenvalue weighted by atomic mass is 16.3. The van der Waals surface area contributed by atoms with E-state index < -0.39 is 0 Å². The third-order valence-electron chi connectivity index (χ3n) is 2.90. The molecule has 1 aliphatic rings. The highest BCUT2D eigenvalue weighted by Gasteiger charge is 2.14. The van der Waals surface area contributed by atoms with Gasteiger partial charge >= 0.3 is 0 Å². The lowest BCUT2D eigenvalue weighted by Crippen LogP contribution is -2.32. The van der Waals surface area contributed by atoms with Crippen LogP contribution in [0, 0.1) is 0 Å². The standard InChI is InChI=1S/C11H18N4O/c16-9-8-14-4-1-5-15(7-6-14)11-2-3-12-10-13-11/h2-3,10,16H,1,4-9H2. The minimum atomic E-state index is 0.244. The van der Waals surface area contributed by atoms with E-state index in [0.717, 1.165) is 45.0 Å². The second-order valence-electron chi connectivity index (χ2n) is 3.97. The van der Waals surface area contributed by atoms with Crippen molar-refractivity contribution < 1.29 is 5.11 Å². The number of rotatable bonds is 3. The first-order valence-electron chi connectivity index (χ1n) is 5.74. The van der Waals surface area contributed by atoms with E-state index >= 15 is 0 Å². The zero-order valence-corrected chi connectivity index (χ0v) is 9.42. The van der Waals surface area contributed by atoms with E-state index in [9.17, 15) is 0 Å². The fourth-order valence-corrected chi connectivity index (χ4v) is 2.04. The molecule has 0 bridgehead atoms. The topological polar surface area (TPSA) is 52.5 Å². The normalized spacial score (nSPS) is 18.4. The Bertz CT molecular complexity index is 306. The molecule has 1 aliphatic heterocycles. The summed E-state index contributed by atoms with van der Waals surface area (Å²) in [5.74, 6) is 1.00. The van der Waals surface area contributed by atoms with Crippen molar-refractivity contribution in [2.45, 2.75) is 6.42 Å². The molecule has 0 amide bonds. The van der Waals surface area contributed by atoms with Gasteiger partial charge in [-0.25, -0.2) is 9.97 Å². The van der Waals surface area contributed by atoms with E-state index in [4.69, 9.17) is 5.11 Å². The van der Waals surface area contributed by atoms with Crippen LogP contribution in [0.3, 0.4) is 0 Å². The van der Waals surface area contributed by atoms with Crippen molar-refractivity contribution in [3.8, 4) is 0 Å². The summed E-state index contributed by atoms with van der Waals surface area (Å²) in [4.78, 5) is 12.8. The van der Waals surface area contributed by atoms with Crippen molar-refractivity contribution in [2.24, 2.45) is 0 Å². The summed E-state index contributed by atoms with van der Waals surface area (Å²) >= 11 is 0. The highest BCUT2D eigenvalue weighted by Crippen LogP contribution is 2.11. The van der Waals surface area contributed by atoms with Gasteiger partial charge in [0.05, 0.1) is 6.61 Å². The summed E-state index contributed by atoms with van der Waals surface area (Å²) in [5, 5.41) is 8.92. The first kappa shape index (κ1) is 11.3. The van der Waals surface area contributed by atoms with E-state index in [1.807, 2.05) is 6.07 Å². The van der Waals surface area contributed by atoms with Crippen LogP contribution in [-0.2, 0) is 0 Å². The van der Waals surface area contributed by atoms with Crippen LogP contribution >= 0.6 is 0 Å². The summed E-state index contributed by atoms with van der Waals surface area (Å²) in [7, 11) is 0. The van der Waals surface area contributed by atoms with Crippen LogP contribution < -0.4 is 4.90 Å². The molecule has 0 aliphatic carbocycles. The van der Waals surface area contributed by atoms with Gasteiger partial charge in [0.2, 0.25) is 0 Å². The van der Waals surface area contributed by atoms with Crippen LogP contribution in [0.2, 0.25) is 0 Å². The van der Waals surface area contributed by atoms with E-state index in [1.54, 1.807) is 12.5 Å². The number of aliphatic hydroxyl groups excluding tert-OH is 1. The van der Waals surface area contributed by atoms with Gasteiger partial charge in [0.15, 0.2) is 0 Å². The fourth-order valence-electron chi connectivity index (χ4n) is 2.04. The summed E-state index contributed by atoms with van der Waals surface area (Å²) < 4.78 is 0. The van der Waals surface area contributed by atoms with Gasteiger partial charge in [-0.2, -0.15) is 0 Å². The molecule has 0 aromatic carbocycles. The maximum atomic E-state index is 8.92. The molecule has 1 aromatic rings. The van der Waals surface area contributed by atoms with Crippen LogP contribution in [0.1, 0.15) is 6.42 Å². The summed E-state index contributed by atoms with van der Waals surface area (Å²) in [6.45, 7) is 5.06. The lowest BCUT2D eigenvalue weighted by Gasteiger charge is -2.21. The maximum Gasteiger partial charge on any atom is 0.131 e. The minimum absolute atomic E-state index is 0.244. The SMILES string of the molecule is OCCN1CCCN(c2ccncn2)CC1. The van der Waals surface area contributed by atoms with E-state index in [0.29, 0.717) is 0 Å². The number of aliphatic hydroxyl groups is 1. The second-order valence-corrected chi connectivity index (χ2v) is 3.97. The fraction of sp³-hybridized carbons (Fsp3) is 0.636. The Hall–Kier alpha value is -1.20. The van der Waals surface area contributed by atoms with Crippen molar-refractivity contribution >= 4 is 5.82 Å². The second kappa shape index (κ2) is 5.77. The number of hydrogen-bond donors (Lipinski definition) is 1. The summed E-state index contributed by atoms with van der Waals surface area (Å²) in [5.41, 5.74) is 0. The van der Waals surface area contributed by atoms with Crippen LogP contribution in [0.4, 0.5) is 5.82 Å². The largest absolute Gasteiger partial charge is 0.395 e. The molecule has 0 atom stereocenters. The molecule has 0 radical (unpaired) electrons. The van der Waals surface area contributed by atoms with Gasteiger partial charge < -0.3 is 10.0 Å². The van der Waals surface area contributed by atoms with Crippen molar-refractivity contribution in [1.29, 1.82) is 0 Å². The average molecular weight is 222 g/mol. The number of anilines is 1. The number of nitrogens with zero attached hydrogens (tertiary/aromatic N) is 4. The molecule has 88 valence electrons. The van der Waals surface area contributed by atoms with E-state index in [1.165, 1.54) is 0 Å². The van der Waals surface area contributed by atoms with Crippen molar-refractivity contribution in [1.82, 2.24) is 14.9 Å². The molecule has 0 saturated carbocycles. The van der Waals surface area contributed by atoms with Gasteiger partial charge in [-0.15, -0.1) is 0 Å². The Morgan fingerprint density at radius 3 is 2.94 bits per heavy atom. The van der Waals surface area contributed by atoms with Gasteiger partial charge in [-0.3, -0.25) is 4.90 Å². The lowest BCUT2D eigenvalue weighted by atomic mass is 10.4. The van der Waals surface area contributed by atoms with Crippen LogP contribution in [0.25, 0.3) is 0 Å². The molecule has 16 heavy (non-hydrogen) atoms. The number of aromatic nitrogens is 2. The molecule has 1 fully saturated rings. The van der Waals surface area contributed by atoms with Crippen molar-refractivity contribution in [3.63, 3.8) is 0 Å². The quantitative estimate of drug-likeness (QED) is 0.779. The average Bonchev–Trinajstić information content (AvgIpc) is 2.57. The molecule has 1 N–H and O–H groups in total. The molecule has 0 unspecified atom stereocenters. The Kier molecular flexibility index (Phi) is 4.07. The van der Waals surface area contributed by atoms with Crippen LogP contribution in [-0.4, -0.2) is 59.3 Å². The number of β-amino-alcohol motifs (C(OH)–C–C–N with tert-alkyl or cyclic N) is 1. The first-order valence-corrected chi connectivity index (χ1v) is 5.74. The zero-order valence-electron chi connectivity index (χ0n) is 9.42. The molecule has 5 nitrogen and oxygen atoms in total. The van der Waals surface area contributed by atoms with Crippen molar-refractivity contribution in [2.75, 3.05) is 44.2 Å². The summed E-state index contributed by atoms with van der Waals surface area (Å²) in [6, 6.07) is 1.95. The van der Waals surface area contributed by atoms with Crippen LogP contribution in [0.15, 0.2) is 18.6 Å². The predicted molar refractivity (Wildman–Crippen MR) is 62.4 cm³/mol. The third kappa shape index (κ3) is 2.90. The Morgan fingerprint density at radius 1 is 1.25 bits per heavy atom. The van der Waals surface area contributed by atoms with Gasteiger partial charge in [0.1, 0.15) is 12.1 Å². The predicted octanol–water partition coefficient (Wildman–Crippen LogP) is -0.0190. The molecular weight excluding hydrogens is 204 g/mol. The van der Waals surface area contributed by atoms with E-state index in [2.05, 4.69) is 19.8 Å². The molecule has 1 aromatic heterocycles. The first-order chi connectivity index (χ1) is 7.90. The van der Waals surface area contributed by atoms with Gasteiger partial charge in [0.25, 0.3) is 0 Å². The minimum Gasteiger partial charge on any atom is -0.395 e. The van der Waals surface area contributed by atoms with Crippen LogP contribution in [0.5, 0.6) is 0 Å². The Balaban J connectivity index is 1.94.